The van der Waals surface area contributed by atoms with E-state index in [4.69, 9.17) is 15.7 Å². The molecule has 0 heterocycles. The Morgan fingerprint density at radius 1 is 1.62 bits per heavy atom. The maximum atomic E-state index is 10.4. The molecule has 0 aliphatic rings. The van der Waals surface area contributed by atoms with Crippen LogP contribution in [0.1, 0.15) is 0 Å². The van der Waals surface area contributed by atoms with E-state index >= 15 is 0 Å². The monoisotopic (exact) mass is 182 g/mol. The molecule has 70 valence electrons. The van der Waals surface area contributed by atoms with Crippen molar-refractivity contribution < 1.29 is 14.7 Å². The molecule has 1 rings (SSSR count). The molecule has 3 N–H and O–H groups in total. The predicted octanol–water partition coefficient (Wildman–Crippen LogP) is 1.17. The molecule has 1 aromatic carbocycles. The lowest BCUT2D eigenvalue weighted by Crippen LogP contribution is -2.28. The maximum absolute atomic E-state index is 10.4. The minimum atomic E-state index is -1.16. The fourth-order valence-corrected chi connectivity index (χ4v) is 0.768. The summed E-state index contributed by atoms with van der Waals surface area (Å²) in [4.78, 5) is 15.3. The van der Waals surface area contributed by atoms with Crippen LogP contribution in [-0.2, 0) is 0 Å². The van der Waals surface area contributed by atoms with Crippen molar-refractivity contribution in [2.45, 2.75) is 0 Å². The first-order valence-electron chi connectivity index (χ1n) is 3.60. The summed E-state index contributed by atoms with van der Waals surface area (Å²) in [5.74, 6) is 0.393. The molecule has 5 heteroatoms. The molecule has 0 atom stereocenters. The van der Waals surface area contributed by atoms with E-state index in [0.29, 0.717) is 16.5 Å². The van der Waals surface area contributed by atoms with Crippen molar-refractivity contribution in [2.24, 2.45) is 0 Å². The van der Waals surface area contributed by atoms with E-state index in [1.165, 1.54) is 7.05 Å². The van der Waals surface area contributed by atoms with Crippen molar-refractivity contribution in [3.8, 4) is 5.75 Å². The normalized spacial score (nSPS) is 9.31. The summed E-state index contributed by atoms with van der Waals surface area (Å²) < 4.78 is 0. The first-order chi connectivity index (χ1) is 6.09. The topological polar surface area (TPSA) is 75.8 Å². The number of rotatable bonds is 2. The van der Waals surface area contributed by atoms with Gasteiger partial charge in [-0.2, -0.15) is 0 Å². The van der Waals surface area contributed by atoms with Crippen LogP contribution in [0.25, 0.3) is 0 Å². The first-order valence-corrected chi connectivity index (χ1v) is 3.60. The van der Waals surface area contributed by atoms with Gasteiger partial charge in [0, 0.05) is 11.8 Å². The molecule has 5 nitrogen and oxygen atoms in total. The van der Waals surface area contributed by atoms with E-state index in [1.807, 2.05) is 0 Å². The van der Waals surface area contributed by atoms with Gasteiger partial charge in [-0.25, -0.2) is 4.79 Å². The molecule has 0 saturated carbocycles. The minimum Gasteiger partial charge on any atom is -0.463 e. The van der Waals surface area contributed by atoms with Crippen molar-refractivity contribution in [3.63, 3.8) is 0 Å². The summed E-state index contributed by atoms with van der Waals surface area (Å²) in [5, 5.41) is 9.19. The Balaban J connectivity index is 2.69. The molecule has 0 unspecified atom stereocenters. The third kappa shape index (κ3) is 2.55. The first kappa shape index (κ1) is 9.18. The standard InChI is InChI=1S/C8H10N2O3/c1-10(8(11)12)13-7-4-2-3-6(9)5-7/h2-5H,9H2,1H3,(H,11,12). The Bertz CT molecular complexity index is 314. The Hall–Kier alpha value is -1.91. The maximum Gasteiger partial charge on any atom is 0.440 e. The second kappa shape index (κ2) is 3.66. The van der Waals surface area contributed by atoms with E-state index in [0.717, 1.165) is 0 Å². The number of carbonyl (C=O) groups is 1. The molecule has 0 fully saturated rings. The van der Waals surface area contributed by atoms with Crippen molar-refractivity contribution >= 4 is 11.8 Å². The second-order valence-electron chi connectivity index (χ2n) is 2.44. The number of nitrogens with zero attached hydrogens (tertiary/aromatic N) is 1. The molecule has 0 radical (unpaired) electrons. The highest BCUT2D eigenvalue weighted by Gasteiger charge is 2.06. The fourth-order valence-electron chi connectivity index (χ4n) is 0.768. The molecular formula is C8H10N2O3. The fraction of sp³-hybridized carbons (Fsp3) is 0.125. The zero-order chi connectivity index (χ0) is 9.84. The number of hydroxylamine groups is 2. The smallest absolute Gasteiger partial charge is 0.440 e. The summed E-state index contributed by atoms with van der Waals surface area (Å²) in [6.45, 7) is 0. The van der Waals surface area contributed by atoms with E-state index in [9.17, 15) is 4.79 Å². The largest absolute Gasteiger partial charge is 0.463 e. The highest BCUT2D eigenvalue weighted by Crippen LogP contribution is 2.14. The number of hydrogen-bond acceptors (Lipinski definition) is 3. The summed E-state index contributed by atoms with van der Waals surface area (Å²) in [5.41, 5.74) is 5.99. The second-order valence-corrected chi connectivity index (χ2v) is 2.44. The van der Waals surface area contributed by atoms with E-state index in [-0.39, 0.29) is 0 Å². The number of anilines is 1. The molecule has 0 spiro atoms. The summed E-state index contributed by atoms with van der Waals surface area (Å²) >= 11 is 0. The van der Waals surface area contributed by atoms with Gasteiger partial charge in [-0.1, -0.05) is 6.07 Å². The molecule has 0 aliphatic heterocycles. The Kier molecular flexibility index (Phi) is 2.59. The lowest BCUT2D eigenvalue weighted by molar-refractivity contribution is -0.0130. The van der Waals surface area contributed by atoms with Gasteiger partial charge >= 0.3 is 6.09 Å². The van der Waals surface area contributed by atoms with Gasteiger partial charge in [0.25, 0.3) is 0 Å². The van der Waals surface area contributed by atoms with Gasteiger partial charge in [0.2, 0.25) is 0 Å². The van der Waals surface area contributed by atoms with Gasteiger partial charge < -0.3 is 15.7 Å². The third-order valence-electron chi connectivity index (χ3n) is 1.37. The molecular weight excluding hydrogens is 172 g/mol. The van der Waals surface area contributed by atoms with Gasteiger partial charge in [-0.15, -0.1) is 5.06 Å². The number of benzene rings is 1. The van der Waals surface area contributed by atoms with E-state index in [2.05, 4.69) is 0 Å². The van der Waals surface area contributed by atoms with Crippen molar-refractivity contribution in [2.75, 3.05) is 12.8 Å². The number of carboxylic acid groups (broad SMARTS) is 1. The minimum absolute atomic E-state index is 0.393. The van der Waals surface area contributed by atoms with Crippen LogP contribution in [0.3, 0.4) is 0 Å². The van der Waals surface area contributed by atoms with E-state index < -0.39 is 6.09 Å². The Labute approximate surface area is 75.3 Å². The molecule has 1 aromatic rings. The Morgan fingerprint density at radius 3 is 2.85 bits per heavy atom. The van der Waals surface area contributed by atoms with Gasteiger partial charge in [-0.05, 0) is 12.1 Å². The molecule has 0 bridgehead atoms. The predicted molar refractivity (Wildman–Crippen MR) is 47.3 cm³/mol. The quantitative estimate of drug-likeness (QED) is 0.531. The van der Waals surface area contributed by atoms with Crippen LogP contribution in [-0.4, -0.2) is 23.3 Å². The zero-order valence-corrected chi connectivity index (χ0v) is 7.10. The van der Waals surface area contributed by atoms with Crippen LogP contribution in [0.2, 0.25) is 0 Å². The van der Waals surface area contributed by atoms with Crippen LogP contribution in [0, 0.1) is 0 Å². The van der Waals surface area contributed by atoms with Crippen molar-refractivity contribution in [1.29, 1.82) is 0 Å². The van der Waals surface area contributed by atoms with Crippen LogP contribution in [0.15, 0.2) is 24.3 Å². The highest BCUT2D eigenvalue weighted by atomic mass is 16.7. The number of amides is 1. The van der Waals surface area contributed by atoms with Crippen molar-refractivity contribution in [3.05, 3.63) is 24.3 Å². The van der Waals surface area contributed by atoms with Gasteiger partial charge in [0.05, 0.1) is 7.05 Å². The summed E-state index contributed by atoms with van der Waals surface area (Å²) in [6.07, 6.45) is -1.16. The number of nitrogens with two attached hydrogens (primary N) is 1. The van der Waals surface area contributed by atoms with Crippen LogP contribution >= 0.6 is 0 Å². The average molecular weight is 182 g/mol. The van der Waals surface area contributed by atoms with Crippen LogP contribution in [0.5, 0.6) is 5.75 Å². The van der Waals surface area contributed by atoms with Gasteiger partial charge in [0.1, 0.15) is 0 Å². The molecule has 0 saturated heterocycles. The zero-order valence-electron chi connectivity index (χ0n) is 7.10. The van der Waals surface area contributed by atoms with E-state index in [1.54, 1.807) is 24.3 Å². The number of hydrogen-bond donors (Lipinski definition) is 2. The summed E-state index contributed by atoms with van der Waals surface area (Å²) in [6, 6.07) is 6.53. The molecule has 0 aromatic heterocycles. The average Bonchev–Trinajstić information content (AvgIpc) is 2.04. The highest BCUT2D eigenvalue weighted by molar-refractivity contribution is 5.63. The lowest BCUT2D eigenvalue weighted by Gasteiger charge is -2.13. The third-order valence-corrected chi connectivity index (χ3v) is 1.37. The number of nitrogen functional groups attached to an aromatic ring is 1. The SMILES string of the molecule is CN(Oc1cccc(N)c1)C(=O)O. The van der Waals surface area contributed by atoms with Crippen LogP contribution in [0.4, 0.5) is 10.5 Å². The van der Waals surface area contributed by atoms with Gasteiger partial charge in [0.15, 0.2) is 5.75 Å². The molecule has 0 aliphatic carbocycles. The van der Waals surface area contributed by atoms with Gasteiger partial charge in [-0.3, -0.25) is 0 Å². The van der Waals surface area contributed by atoms with Crippen LogP contribution < -0.4 is 10.6 Å². The lowest BCUT2D eigenvalue weighted by atomic mass is 10.3. The molecule has 1 amide bonds. The van der Waals surface area contributed by atoms with Crippen molar-refractivity contribution in [1.82, 2.24) is 5.06 Å². The molecule has 13 heavy (non-hydrogen) atoms. The summed E-state index contributed by atoms with van der Waals surface area (Å²) in [7, 11) is 1.30. The Morgan fingerprint density at radius 2 is 2.31 bits per heavy atom.